The lowest BCUT2D eigenvalue weighted by molar-refractivity contribution is 0.0896. The highest BCUT2D eigenvalue weighted by Crippen LogP contribution is 2.33. The van der Waals surface area contributed by atoms with E-state index in [1.165, 1.54) is 68.5 Å². The first-order valence-electron chi connectivity index (χ1n) is 13.6. The van der Waals surface area contributed by atoms with Gasteiger partial charge in [-0.15, -0.1) is 5.10 Å². The van der Waals surface area contributed by atoms with Crippen LogP contribution in [-0.4, -0.2) is 67.2 Å². The van der Waals surface area contributed by atoms with Gasteiger partial charge in [0.2, 0.25) is 0 Å². The van der Waals surface area contributed by atoms with Crippen LogP contribution in [0.25, 0.3) is 28.2 Å². The van der Waals surface area contributed by atoms with Crippen molar-refractivity contribution in [3.8, 4) is 28.2 Å². The molecule has 202 valence electrons. The van der Waals surface area contributed by atoms with Gasteiger partial charge in [-0.3, -0.25) is 4.90 Å². The number of nitrogens with two attached hydrogens (primary N) is 1. The lowest BCUT2D eigenvalue weighted by Crippen LogP contribution is -2.46. The van der Waals surface area contributed by atoms with E-state index in [2.05, 4.69) is 54.6 Å². The molecular weight excluding hydrogens is 531 g/mol. The third-order valence-corrected chi connectivity index (χ3v) is 8.75. The third-order valence-electron chi connectivity index (χ3n) is 7.95. The Kier molecular flexibility index (Phi) is 7.79. The molecule has 10 heteroatoms. The minimum Gasteiger partial charge on any atom is -0.383 e. The van der Waals surface area contributed by atoms with Gasteiger partial charge in [0.25, 0.3) is 0 Å². The fraction of sp³-hybridized carbons (Fsp3) is 0.379. The Balaban J connectivity index is 1.16. The summed E-state index contributed by atoms with van der Waals surface area (Å²) in [4.78, 5) is 9.76. The Morgan fingerprint density at radius 2 is 1.67 bits per heavy atom. The summed E-state index contributed by atoms with van der Waals surface area (Å²) in [5.74, 6) is 0.771. The van der Waals surface area contributed by atoms with Gasteiger partial charge in [0.1, 0.15) is 5.82 Å². The van der Waals surface area contributed by atoms with E-state index < -0.39 is 0 Å². The lowest BCUT2D eigenvalue weighted by Gasteiger charge is -2.40. The normalized spacial score (nSPS) is 17.5. The van der Waals surface area contributed by atoms with Crippen molar-refractivity contribution in [1.82, 2.24) is 35.0 Å². The van der Waals surface area contributed by atoms with Crippen molar-refractivity contribution in [2.45, 2.75) is 44.7 Å². The predicted octanol–water partition coefficient (Wildman–Crippen LogP) is 5.73. The fourth-order valence-corrected chi connectivity index (χ4v) is 6.15. The molecule has 6 rings (SSSR count). The Bertz CT molecular complexity index is 1420. The Hall–Kier alpha value is -3.04. The molecule has 0 saturated carbocycles. The SMILES string of the molecule is Nc1ncc(-c2ccc(CN3CCC(N4CCCCC4)CC3)cc2)cc1-c1nnnn1-c1cccc(Cl)c1Cl. The minimum atomic E-state index is 0.331. The number of anilines is 1. The second-order valence-electron chi connectivity index (χ2n) is 10.4. The Morgan fingerprint density at radius 3 is 2.44 bits per heavy atom. The molecule has 2 fully saturated rings. The maximum atomic E-state index is 6.44. The summed E-state index contributed by atoms with van der Waals surface area (Å²) < 4.78 is 1.53. The number of benzene rings is 2. The average Bonchev–Trinajstić information content (AvgIpc) is 3.46. The molecule has 4 aromatic rings. The number of piperidine rings is 2. The monoisotopic (exact) mass is 562 g/mol. The summed E-state index contributed by atoms with van der Waals surface area (Å²) in [5.41, 5.74) is 10.8. The number of nitrogens with zero attached hydrogens (tertiary/aromatic N) is 7. The number of likely N-dealkylation sites (tertiary alicyclic amines) is 2. The highest BCUT2D eigenvalue weighted by Gasteiger charge is 2.25. The van der Waals surface area contributed by atoms with Gasteiger partial charge in [-0.25, -0.2) is 4.98 Å². The zero-order chi connectivity index (χ0) is 26.8. The number of hydrogen-bond donors (Lipinski definition) is 1. The van der Waals surface area contributed by atoms with Gasteiger partial charge in [0, 0.05) is 24.3 Å². The van der Waals surface area contributed by atoms with Gasteiger partial charge in [0.05, 0.1) is 21.3 Å². The number of tetrazole rings is 1. The molecular formula is C29H32Cl2N8. The van der Waals surface area contributed by atoms with E-state index in [1.54, 1.807) is 24.4 Å². The molecule has 0 spiro atoms. The molecule has 0 amide bonds. The first kappa shape index (κ1) is 26.2. The zero-order valence-electron chi connectivity index (χ0n) is 21.8. The van der Waals surface area contributed by atoms with Gasteiger partial charge >= 0.3 is 0 Å². The maximum Gasteiger partial charge on any atom is 0.190 e. The second kappa shape index (κ2) is 11.6. The number of pyridine rings is 1. The van der Waals surface area contributed by atoms with Gasteiger partial charge in [-0.2, -0.15) is 4.68 Å². The van der Waals surface area contributed by atoms with E-state index in [0.29, 0.717) is 32.9 Å². The van der Waals surface area contributed by atoms with Crippen LogP contribution in [0.3, 0.4) is 0 Å². The number of rotatable bonds is 6. The molecule has 2 N–H and O–H groups in total. The molecule has 0 atom stereocenters. The number of hydrogen-bond acceptors (Lipinski definition) is 7. The van der Waals surface area contributed by atoms with Crippen molar-refractivity contribution in [1.29, 1.82) is 0 Å². The zero-order valence-corrected chi connectivity index (χ0v) is 23.3. The first-order valence-corrected chi connectivity index (χ1v) is 14.4. The van der Waals surface area contributed by atoms with Crippen molar-refractivity contribution < 1.29 is 0 Å². The first-order chi connectivity index (χ1) is 19.1. The molecule has 0 unspecified atom stereocenters. The summed E-state index contributed by atoms with van der Waals surface area (Å²) in [7, 11) is 0. The molecule has 4 heterocycles. The maximum absolute atomic E-state index is 6.44. The summed E-state index contributed by atoms with van der Waals surface area (Å²) in [6.45, 7) is 5.89. The minimum absolute atomic E-state index is 0.331. The Morgan fingerprint density at radius 1 is 0.897 bits per heavy atom. The van der Waals surface area contributed by atoms with Crippen LogP contribution in [0.1, 0.15) is 37.7 Å². The number of halogens is 2. The van der Waals surface area contributed by atoms with E-state index in [0.717, 1.165) is 23.7 Å². The van der Waals surface area contributed by atoms with Crippen LogP contribution in [-0.2, 0) is 6.54 Å². The molecule has 2 aromatic carbocycles. The molecule has 2 aromatic heterocycles. The molecule has 39 heavy (non-hydrogen) atoms. The summed E-state index contributed by atoms with van der Waals surface area (Å²) in [6, 6.07) is 16.7. The van der Waals surface area contributed by atoms with Crippen molar-refractivity contribution in [2.24, 2.45) is 0 Å². The highest BCUT2D eigenvalue weighted by atomic mass is 35.5. The summed E-state index contributed by atoms with van der Waals surface area (Å²) >= 11 is 12.7. The van der Waals surface area contributed by atoms with Crippen LogP contribution in [0.5, 0.6) is 0 Å². The lowest BCUT2D eigenvalue weighted by atomic mass is 9.99. The van der Waals surface area contributed by atoms with Crippen molar-refractivity contribution in [3.05, 3.63) is 70.3 Å². The molecule has 2 aliphatic rings. The quantitative estimate of drug-likeness (QED) is 0.321. The van der Waals surface area contributed by atoms with Gasteiger partial charge in [0.15, 0.2) is 5.82 Å². The molecule has 8 nitrogen and oxygen atoms in total. The number of aromatic nitrogens is 5. The van der Waals surface area contributed by atoms with Crippen molar-refractivity contribution in [3.63, 3.8) is 0 Å². The average molecular weight is 564 g/mol. The Labute approximate surface area is 238 Å². The van der Waals surface area contributed by atoms with Gasteiger partial charge < -0.3 is 10.6 Å². The number of nitrogen functional groups attached to an aromatic ring is 1. The van der Waals surface area contributed by atoms with E-state index in [4.69, 9.17) is 28.9 Å². The van der Waals surface area contributed by atoms with Crippen LogP contribution in [0.2, 0.25) is 10.0 Å². The van der Waals surface area contributed by atoms with E-state index in [1.807, 2.05) is 6.07 Å². The van der Waals surface area contributed by atoms with Crippen LogP contribution < -0.4 is 5.73 Å². The standard InChI is InChI=1S/C29H32Cl2N8/c30-25-5-4-6-26(27(25)31)39-29(34-35-36-39)24-17-22(18-33-28(24)32)21-9-7-20(8-10-21)19-37-15-11-23(12-16-37)38-13-2-1-3-14-38/h4-10,17-18,23H,1-3,11-16,19H2,(H2,32,33). The van der Waals surface area contributed by atoms with Crippen LogP contribution in [0.15, 0.2) is 54.7 Å². The molecule has 0 bridgehead atoms. The highest BCUT2D eigenvalue weighted by molar-refractivity contribution is 6.43. The van der Waals surface area contributed by atoms with E-state index in [-0.39, 0.29) is 0 Å². The second-order valence-corrected chi connectivity index (χ2v) is 11.2. The van der Waals surface area contributed by atoms with E-state index in [9.17, 15) is 0 Å². The summed E-state index contributed by atoms with van der Waals surface area (Å²) in [5, 5.41) is 13.0. The summed E-state index contributed by atoms with van der Waals surface area (Å²) in [6.07, 6.45) is 8.46. The van der Waals surface area contributed by atoms with Gasteiger partial charge in [-0.1, -0.05) is 60.0 Å². The van der Waals surface area contributed by atoms with Gasteiger partial charge in [-0.05, 0) is 91.6 Å². The van der Waals surface area contributed by atoms with Crippen molar-refractivity contribution in [2.75, 3.05) is 31.9 Å². The molecule has 0 radical (unpaired) electrons. The molecule has 2 aliphatic heterocycles. The fourth-order valence-electron chi connectivity index (χ4n) is 5.77. The van der Waals surface area contributed by atoms with E-state index >= 15 is 0 Å². The van der Waals surface area contributed by atoms with Crippen molar-refractivity contribution >= 4 is 29.0 Å². The largest absolute Gasteiger partial charge is 0.383 e. The topological polar surface area (TPSA) is 89.0 Å². The van der Waals surface area contributed by atoms with Crippen LogP contribution >= 0.6 is 23.2 Å². The van der Waals surface area contributed by atoms with Crippen LogP contribution in [0, 0.1) is 0 Å². The molecule has 0 aliphatic carbocycles. The smallest absolute Gasteiger partial charge is 0.190 e. The van der Waals surface area contributed by atoms with Crippen LogP contribution in [0.4, 0.5) is 5.82 Å². The predicted molar refractivity (Wildman–Crippen MR) is 156 cm³/mol. The molecule has 2 saturated heterocycles. The third kappa shape index (κ3) is 5.65.